The Balaban J connectivity index is 1.19. The first-order valence-electron chi connectivity index (χ1n) is 16.6. The number of hydrogen-bond donors (Lipinski definition) is 6. The molecular weight excluding hydrogens is 752 g/mol. The number of carbonyl (C=O) groups excluding carboxylic acids is 3. The second-order valence-corrected chi connectivity index (χ2v) is 13.7. The van der Waals surface area contributed by atoms with Crippen molar-refractivity contribution in [1.82, 2.24) is 30.9 Å². The van der Waals surface area contributed by atoms with Crippen LogP contribution in [0.2, 0.25) is 5.02 Å². The lowest BCUT2D eigenvalue weighted by molar-refractivity contribution is -0.154. The highest BCUT2D eigenvalue weighted by Crippen LogP contribution is 2.48. The Morgan fingerprint density at radius 1 is 0.891 bits per heavy atom. The lowest BCUT2D eigenvalue weighted by atomic mass is 9.95. The van der Waals surface area contributed by atoms with Gasteiger partial charge in [0.25, 0.3) is 5.91 Å². The van der Waals surface area contributed by atoms with E-state index in [1.54, 1.807) is 38.1 Å². The molecule has 1 unspecified atom stereocenters. The van der Waals surface area contributed by atoms with Gasteiger partial charge in [-0.3, -0.25) is 14.4 Å². The van der Waals surface area contributed by atoms with Crippen LogP contribution in [-0.2, 0) is 26.3 Å². The lowest BCUT2D eigenvalue weighted by Gasteiger charge is -2.26. The Labute approximate surface area is 316 Å². The molecule has 1 aromatic heterocycles. The monoisotopic (exact) mass is 786 g/mol. The molecule has 0 aliphatic heterocycles. The predicted octanol–water partition coefficient (Wildman–Crippen LogP) is 4.89. The minimum atomic E-state index is -4.66. The van der Waals surface area contributed by atoms with Crippen molar-refractivity contribution in [2.24, 2.45) is 0 Å². The lowest BCUT2D eigenvalue weighted by Crippen LogP contribution is -2.54. The summed E-state index contributed by atoms with van der Waals surface area (Å²) >= 11 is 6.02. The molecule has 1 aliphatic rings. The van der Waals surface area contributed by atoms with Gasteiger partial charge in [-0.05, 0) is 92.8 Å². The number of ether oxygens (including phenoxy) is 1. The second-order valence-electron chi connectivity index (χ2n) is 13.3. The van der Waals surface area contributed by atoms with E-state index < -0.39 is 72.0 Å². The summed E-state index contributed by atoms with van der Waals surface area (Å²) < 4.78 is 56.9. The van der Waals surface area contributed by atoms with Crippen molar-refractivity contribution < 1.29 is 46.6 Å². The number of aliphatic carboxylic acids is 1. The number of nitrogens with one attached hydrogen (secondary N) is 5. The quantitative estimate of drug-likeness (QED) is 0.0710. The van der Waals surface area contributed by atoms with E-state index in [9.17, 15) is 41.8 Å². The standard InChI is InChI=1S/C36H35ClF4N8O6/c1-34(2,17-20-3-11-24(38)12-4-20)48-29(52)28(51)42-18-26(30(53)54)44-27(50)21-5-13-25(14-6-21)43-31-45-32(47-33(46-31)55-19-36(39,40)41)49-35(15-16-35)22-7-9-23(37)10-8-22/h3-14,26H,15-19H2,1-2H3,(H,42,51)(H,44,50)(H,48,52)(H,53,54)(H2,43,45,46,47,49). The number of carboxylic acid groups (broad SMARTS) is 1. The van der Waals surface area contributed by atoms with E-state index >= 15 is 0 Å². The first-order valence-corrected chi connectivity index (χ1v) is 17.0. The molecule has 6 N–H and O–H groups in total. The summed E-state index contributed by atoms with van der Waals surface area (Å²) in [5, 5.41) is 23.2. The Morgan fingerprint density at radius 3 is 2.13 bits per heavy atom. The van der Waals surface area contributed by atoms with E-state index in [1.807, 2.05) is 12.1 Å². The average molecular weight is 787 g/mol. The normalized spacial score (nSPS) is 13.9. The third-order valence-electron chi connectivity index (χ3n) is 8.17. The largest absolute Gasteiger partial charge is 0.480 e. The topological polar surface area (TPSA) is 197 Å². The Hall–Kier alpha value is -6.04. The molecular formula is C36H35ClF4N8O6. The fraction of sp³-hybridized carbons (Fsp3) is 0.306. The summed E-state index contributed by atoms with van der Waals surface area (Å²) in [5.41, 5.74) is 0.384. The van der Waals surface area contributed by atoms with Crippen molar-refractivity contribution in [2.45, 2.75) is 56.4 Å². The highest BCUT2D eigenvalue weighted by Gasteiger charge is 2.45. The van der Waals surface area contributed by atoms with Gasteiger partial charge in [0, 0.05) is 28.4 Å². The van der Waals surface area contributed by atoms with Crippen LogP contribution >= 0.6 is 11.6 Å². The van der Waals surface area contributed by atoms with E-state index in [0.29, 0.717) is 29.1 Å². The van der Waals surface area contributed by atoms with Crippen LogP contribution < -0.4 is 31.3 Å². The van der Waals surface area contributed by atoms with Crippen molar-refractivity contribution >= 4 is 52.9 Å². The van der Waals surface area contributed by atoms with Gasteiger partial charge < -0.3 is 36.4 Å². The zero-order valence-electron chi connectivity index (χ0n) is 29.3. The fourth-order valence-electron chi connectivity index (χ4n) is 5.34. The van der Waals surface area contributed by atoms with Gasteiger partial charge in [0.1, 0.15) is 11.9 Å². The number of anilines is 3. The minimum Gasteiger partial charge on any atom is -0.480 e. The highest BCUT2D eigenvalue weighted by molar-refractivity contribution is 6.35. The molecule has 0 saturated heterocycles. The average Bonchev–Trinajstić information content (AvgIpc) is 3.89. The molecule has 55 heavy (non-hydrogen) atoms. The van der Waals surface area contributed by atoms with E-state index in [0.717, 1.165) is 5.56 Å². The molecule has 0 radical (unpaired) electrons. The van der Waals surface area contributed by atoms with Crippen LogP contribution in [0.4, 0.5) is 35.1 Å². The summed E-state index contributed by atoms with van der Waals surface area (Å²) in [6, 6.07) is 15.9. The van der Waals surface area contributed by atoms with Crippen molar-refractivity contribution in [1.29, 1.82) is 0 Å². The van der Waals surface area contributed by atoms with Crippen molar-refractivity contribution in [3.63, 3.8) is 0 Å². The SMILES string of the molecule is CC(C)(Cc1ccc(F)cc1)NC(=O)C(=O)NCC(NC(=O)c1ccc(Nc2nc(NC3(c4ccc(Cl)cc4)CC3)nc(OCC(F)(F)F)n2)cc1)C(=O)O. The number of hydrogen-bond acceptors (Lipinski definition) is 10. The molecule has 5 rings (SSSR count). The van der Waals surface area contributed by atoms with Gasteiger partial charge in [-0.2, -0.15) is 28.1 Å². The van der Waals surface area contributed by atoms with E-state index in [-0.39, 0.29) is 23.9 Å². The number of amides is 3. The maximum atomic E-state index is 13.2. The molecule has 14 nitrogen and oxygen atoms in total. The second kappa shape index (κ2) is 16.5. The molecule has 1 aliphatic carbocycles. The number of carboxylic acids is 1. The molecule has 0 bridgehead atoms. The van der Waals surface area contributed by atoms with Crippen molar-refractivity contribution in [3.05, 3.63) is 100 Å². The number of alkyl halides is 3. The van der Waals surface area contributed by atoms with Gasteiger partial charge >= 0.3 is 30.0 Å². The number of carbonyl (C=O) groups is 4. The summed E-state index contributed by atoms with van der Waals surface area (Å²) in [7, 11) is 0. The Morgan fingerprint density at radius 2 is 1.53 bits per heavy atom. The number of benzene rings is 3. The molecule has 3 amide bonds. The summed E-state index contributed by atoms with van der Waals surface area (Å²) in [5.74, 6) is -5.16. The van der Waals surface area contributed by atoms with Gasteiger partial charge in [-0.15, -0.1) is 0 Å². The van der Waals surface area contributed by atoms with Gasteiger partial charge in [-0.25, -0.2) is 9.18 Å². The van der Waals surface area contributed by atoms with Gasteiger partial charge in [0.15, 0.2) is 6.61 Å². The molecule has 3 aromatic carbocycles. The molecule has 1 atom stereocenters. The van der Waals surface area contributed by atoms with Crippen molar-refractivity contribution in [2.75, 3.05) is 23.8 Å². The van der Waals surface area contributed by atoms with E-state index in [1.165, 1.54) is 36.4 Å². The number of nitrogens with zero attached hydrogens (tertiary/aromatic N) is 3. The molecule has 19 heteroatoms. The molecule has 1 heterocycles. The van der Waals surface area contributed by atoms with Crippen LogP contribution in [0.5, 0.6) is 6.01 Å². The number of aromatic nitrogens is 3. The highest BCUT2D eigenvalue weighted by atomic mass is 35.5. The van der Waals surface area contributed by atoms with Gasteiger partial charge in [0.05, 0.1) is 5.54 Å². The minimum absolute atomic E-state index is 0.00857. The Bertz CT molecular complexity index is 2030. The van der Waals surface area contributed by atoms with Gasteiger partial charge in [-0.1, -0.05) is 35.9 Å². The van der Waals surface area contributed by atoms with E-state index in [4.69, 9.17) is 16.3 Å². The summed E-state index contributed by atoms with van der Waals surface area (Å²) in [6.07, 6.45) is -3.01. The molecule has 4 aromatic rings. The van der Waals surface area contributed by atoms with Crippen molar-refractivity contribution in [3.8, 4) is 6.01 Å². The zero-order valence-corrected chi connectivity index (χ0v) is 30.0. The van der Waals surface area contributed by atoms with Crippen LogP contribution in [-0.4, -0.2) is 74.7 Å². The zero-order chi connectivity index (χ0) is 40.0. The maximum absolute atomic E-state index is 13.2. The van der Waals surface area contributed by atoms with Crippen LogP contribution in [0.3, 0.4) is 0 Å². The fourth-order valence-corrected chi connectivity index (χ4v) is 5.47. The summed E-state index contributed by atoms with van der Waals surface area (Å²) in [4.78, 5) is 62.1. The van der Waals surface area contributed by atoms with Crippen LogP contribution in [0.1, 0.15) is 48.2 Å². The number of halogens is 5. The van der Waals surface area contributed by atoms with Gasteiger partial charge in [0.2, 0.25) is 11.9 Å². The molecule has 1 fully saturated rings. The third-order valence-corrected chi connectivity index (χ3v) is 8.42. The van der Waals surface area contributed by atoms with Crippen LogP contribution in [0, 0.1) is 5.82 Å². The predicted molar refractivity (Wildman–Crippen MR) is 191 cm³/mol. The molecule has 0 spiro atoms. The third kappa shape index (κ3) is 11.7. The summed E-state index contributed by atoms with van der Waals surface area (Å²) in [6.45, 7) is 1.03. The van der Waals surface area contributed by atoms with Crippen LogP contribution in [0.15, 0.2) is 72.8 Å². The van der Waals surface area contributed by atoms with Crippen LogP contribution in [0.25, 0.3) is 0 Å². The first-order chi connectivity index (χ1) is 25.9. The Kier molecular flexibility index (Phi) is 12.1. The maximum Gasteiger partial charge on any atom is 0.422 e. The number of rotatable bonds is 15. The first kappa shape index (κ1) is 40.2. The smallest absolute Gasteiger partial charge is 0.422 e. The molecule has 290 valence electrons. The van der Waals surface area contributed by atoms with E-state index in [2.05, 4.69) is 41.5 Å². The molecule has 1 saturated carbocycles.